The van der Waals surface area contributed by atoms with Crippen LogP contribution in [0.25, 0.3) is 5.95 Å². The second-order valence-electron chi connectivity index (χ2n) is 10.7. The zero-order valence-electron chi connectivity index (χ0n) is 28.9. The molecule has 5 rings (SSSR count). The number of carbonyl (C=O) groups is 1. The summed E-state index contributed by atoms with van der Waals surface area (Å²) < 4.78 is 22.0. The normalized spacial score (nSPS) is 10.9. The van der Waals surface area contributed by atoms with E-state index in [0.717, 1.165) is 45.3 Å². The predicted octanol–water partition coefficient (Wildman–Crippen LogP) is 3.42. The number of aliphatic hydroxyl groups excluding tert-OH is 1. The third-order valence-electron chi connectivity index (χ3n) is 6.78. The van der Waals surface area contributed by atoms with E-state index in [0.29, 0.717) is 30.4 Å². The molecule has 7 N–H and O–H groups in total. The van der Waals surface area contributed by atoms with Gasteiger partial charge in [-0.25, -0.2) is 14.8 Å². The number of H-pyrrole nitrogens is 1. The number of rotatable bonds is 13. The first-order valence-electron chi connectivity index (χ1n) is 15.3. The Morgan fingerprint density at radius 1 is 0.922 bits per heavy atom. The van der Waals surface area contributed by atoms with Crippen LogP contribution in [0.15, 0.2) is 83.9 Å². The minimum atomic E-state index is -0.833. The van der Waals surface area contributed by atoms with Gasteiger partial charge < -0.3 is 40.2 Å². The lowest BCUT2D eigenvalue weighted by atomic mass is 10.0. The van der Waals surface area contributed by atoms with Gasteiger partial charge in [0.2, 0.25) is 0 Å². The number of aromatic nitrogens is 5. The molecule has 16 heteroatoms. The topological polar surface area (TPSA) is 233 Å². The molecule has 16 nitrogen and oxygen atoms in total. The zero-order valence-corrected chi connectivity index (χ0v) is 28.9. The Hall–Kier alpha value is -6.10. The standard InChI is InChI=1S/C23H24N8O3.C10H14O3.C2H4O2/c1-33-13-14-10-16(12-18(11-14)34-2)19(28-17-6-4-15(5-7-17)20(24)25)21-29-23(32)31(30-21)22-26-8-3-9-27-22;1-12-7-9-3-8(6-11)4-10(5-9)13-2;1-2(3)4/h3-12,19,28H,13H2,1-2H3,(H3,24,25)(H,29,30,32);3-5,11H,6-7H2,1-2H3;1H3,(H,3,4)/t19-;;/m0../s1. The van der Waals surface area contributed by atoms with Crippen LogP contribution in [0.4, 0.5) is 5.69 Å². The number of hydrogen-bond acceptors (Lipinski definition) is 12. The zero-order chi connectivity index (χ0) is 37.3. The summed E-state index contributed by atoms with van der Waals surface area (Å²) in [6.45, 7) is 2.02. The number of nitrogen functional groups attached to an aromatic ring is 1. The van der Waals surface area contributed by atoms with E-state index in [1.807, 2.05) is 30.3 Å². The Bertz CT molecular complexity index is 1890. The fourth-order valence-corrected chi connectivity index (χ4v) is 4.64. The number of aromatic amines is 1. The molecule has 5 aromatic rings. The number of nitrogens with one attached hydrogen (secondary N) is 3. The van der Waals surface area contributed by atoms with Crippen molar-refractivity contribution in [1.29, 1.82) is 5.41 Å². The summed E-state index contributed by atoms with van der Waals surface area (Å²) in [7, 11) is 6.44. The van der Waals surface area contributed by atoms with Gasteiger partial charge in [0.25, 0.3) is 11.9 Å². The van der Waals surface area contributed by atoms with E-state index in [2.05, 4.69) is 25.4 Å². The van der Waals surface area contributed by atoms with Crippen molar-refractivity contribution < 1.29 is 34.0 Å². The second-order valence-corrected chi connectivity index (χ2v) is 10.7. The molecule has 3 aromatic carbocycles. The fraction of sp³-hybridized carbons (Fsp3) is 0.257. The number of methoxy groups -OCH3 is 4. The maximum absolute atomic E-state index is 12.7. The first kappa shape index (κ1) is 39.3. The highest BCUT2D eigenvalue weighted by Gasteiger charge is 2.22. The molecule has 0 saturated heterocycles. The molecule has 0 bridgehead atoms. The van der Waals surface area contributed by atoms with Crippen LogP contribution in [0.3, 0.4) is 0 Å². The summed E-state index contributed by atoms with van der Waals surface area (Å²) in [5, 5.41) is 31.8. The van der Waals surface area contributed by atoms with Gasteiger partial charge in [-0.2, -0.15) is 0 Å². The summed E-state index contributed by atoms with van der Waals surface area (Å²) in [5.74, 6) is 1.04. The maximum Gasteiger partial charge on any atom is 0.350 e. The number of carboxylic acid groups (broad SMARTS) is 1. The third kappa shape index (κ3) is 12.1. The Labute approximate surface area is 294 Å². The van der Waals surface area contributed by atoms with Gasteiger partial charge in [0, 0.05) is 44.8 Å². The van der Waals surface area contributed by atoms with Crippen molar-refractivity contribution >= 4 is 17.5 Å². The number of benzene rings is 3. The van der Waals surface area contributed by atoms with Crippen molar-refractivity contribution in [2.75, 3.05) is 33.8 Å². The van der Waals surface area contributed by atoms with Gasteiger partial charge in [0.1, 0.15) is 23.4 Å². The van der Waals surface area contributed by atoms with Crippen LogP contribution in [-0.4, -0.2) is 75.2 Å². The summed E-state index contributed by atoms with van der Waals surface area (Å²) >= 11 is 0. The SMILES string of the molecule is CC(=O)O.COCc1cc(CO)cc(OC)c1.COCc1cc(OC)cc([C@H](Nc2ccc(C(=N)N)cc2)c2nn(-c3ncccn3)c(=O)[nH]2)c1. The molecule has 0 spiro atoms. The van der Waals surface area contributed by atoms with Crippen molar-refractivity contribution in [3.8, 4) is 17.4 Å². The monoisotopic (exact) mass is 702 g/mol. The molecule has 0 saturated carbocycles. The molecule has 1 atom stereocenters. The van der Waals surface area contributed by atoms with Crippen LogP contribution in [0, 0.1) is 5.41 Å². The van der Waals surface area contributed by atoms with Crippen molar-refractivity contribution in [2.45, 2.75) is 32.8 Å². The number of nitrogens with two attached hydrogens (primary N) is 1. The Balaban J connectivity index is 0.000000342. The largest absolute Gasteiger partial charge is 0.497 e. The maximum atomic E-state index is 12.7. The molecule has 0 aliphatic rings. The number of carboxylic acids is 1. The second kappa shape index (κ2) is 19.8. The highest BCUT2D eigenvalue weighted by atomic mass is 16.5. The molecule has 0 fully saturated rings. The number of hydrogen-bond donors (Lipinski definition) is 6. The summed E-state index contributed by atoms with van der Waals surface area (Å²) in [5.41, 5.74) is 9.96. The Morgan fingerprint density at radius 3 is 2.00 bits per heavy atom. The molecule has 51 heavy (non-hydrogen) atoms. The van der Waals surface area contributed by atoms with E-state index in [1.165, 1.54) is 12.4 Å². The van der Waals surface area contributed by atoms with Crippen molar-refractivity contribution in [3.63, 3.8) is 0 Å². The lowest BCUT2D eigenvalue weighted by Crippen LogP contribution is -2.18. The molecule has 0 radical (unpaired) electrons. The van der Waals surface area contributed by atoms with E-state index in [1.54, 1.807) is 64.8 Å². The van der Waals surface area contributed by atoms with Crippen LogP contribution < -0.4 is 26.2 Å². The van der Waals surface area contributed by atoms with Crippen molar-refractivity contribution in [2.24, 2.45) is 5.73 Å². The van der Waals surface area contributed by atoms with E-state index in [4.69, 9.17) is 45.1 Å². The summed E-state index contributed by atoms with van der Waals surface area (Å²) in [4.78, 5) is 32.7. The van der Waals surface area contributed by atoms with Crippen molar-refractivity contribution in [1.82, 2.24) is 24.7 Å². The minimum Gasteiger partial charge on any atom is -0.497 e. The molecular weight excluding hydrogens is 660 g/mol. The molecule has 0 aliphatic carbocycles. The number of aliphatic carboxylic acids is 1. The van der Waals surface area contributed by atoms with Gasteiger partial charge in [-0.15, -0.1) is 9.78 Å². The first-order valence-corrected chi connectivity index (χ1v) is 15.3. The third-order valence-corrected chi connectivity index (χ3v) is 6.78. The van der Waals surface area contributed by atoms with Crippen LogP contribution in [0.1, 0.15) is 46.6 Å². The van der Waals surface area contributed by atoms with Gasteiger partial charge in [-0.3, -0.25) is 15.2 Å². The number of nitrogens with zero attached hydrogens (tertiary/aromatic N) is 4. The van der Waals surface area contributed by atoms with Crippen LogP contribution in [0.5, 0.6) is 11.5 Å². The van der Waals surface area contributed by atoms with Gasteiger partial charge in [-0.05, 0) is 76.9 Å². The Morgan fingerprint density at radius 2 is 1.47 bits per heavy atom. The van der Waals surface area contributed by atoms with E-state index >= 15 is 0 Å². The summed E-state index contributed by atoms with van der Waals surface area (Å²) in [6.07, 6.45) is 3.07. The molecule has 270 valence electrons. The average molecular weight is 703 g/mol. The summed E-state index contributed by atoms with van der Waals surface area (Å²) in [6, 6.07) is 19.5. The molecule has 0 aliphatic heterocycles. The first-order chi connectivity index (χ1) is 24.5. The predicted molar refractivity (Wildman–Crippen MR) is 189 cm³/mol. The highest BCUT2D eigenvalue weighted by molar-refractivity contribution is 5.95. The molecule has 2 heterocycles. The number of ether oxygens (including phenoxy) is 4. The van der Waals surface area contributed by atoms with Gasteiger partial charge >= 0.3 is 5.69 Å². The number of anilines is 1. The van der Waals surface area contributed by atoms with Crippen molar-refractivity contribution in [3.05, 3.63) is 123 Å². The average Bonchev–Trinajstić information content (AvgIpc) is 3.52. The quantitative estimate of drug-likeness (QED) is 0.0764. The lowest BCUT2D eigenvalue weighted by molar-refractivity contribution is -0.134. The molecule has 0 amide bonds. The van der Waals surface area contributed by atoms with Gasteiger partial charge in [0.05, 0.1) is 34.0 Å². The van der Waals surface area contributed by atoms with E-state index < -0.39 is 17.7 Å². The van der Waals surface area contributed by atoms with Crippen LogP contribution in [0.2, 0.25) is 0 Å². The molecular formula is C35H42N8O8. The van der Waals surface area contributed by atoms with Gasteiger partial charge in [-0.1, -0.05) is 12.1 Å². The number of amidine groups is 1. The van der Waals surface area contributed by atoms with E-state index in [-0.39, 0.29) is 18.4 Å². The van der Waals surface area contributed by atoms with Crippen LogP contribution in [-0.2, 0) is 34.1 Å². The molecule has 0 unspecified atom stereocenters. The van der Waals surface area contributed by atoms with Crippen LogP contribution >= 0.6 is 0 Å². The Kier molecular flexibility index (Phi) is 15.3. The highest BCUT2D eigenvalue weighted by Crippen LogP contribution is 2.29. The fourth-order valence-electron chi connectivity index (χ4n) is 4.64. The minimum absolute atomic E-state index is 0.0217. The number of aliphatic hydroxyl groups is 1. The van der Waals surface area contributed by atoms with E-state index in [9.17, 15) is 4.79 Å². The lowest BCUT2D eigenvalue weighted by Gasteiger charge is -2.20. The van der Waals surface area contributed by atoms with Gasteiger partial charge in [0.15, 0.2) is 5.82 Å². The smallest absolute Gasteiger partial charge is 0.350 e. The molecule has 2 aromatic heterocycles.